The van der Waals surface area contributed by atoms with Gasteiger partial charge in [0.05, 0.1) is 11.7 Å². The van der Waals surface area contributed by atoms with Crippen LogP contribution in [0.25, 0.3) is 0 Å². The molecule has 0 aromatic carbocycles. The number of nitrogens with one attached hydrogen (secondary N) is 1. The standard InChI is InChI=1S/C13H19N3S/c1-8-6-7-17-13(8)12(14-4)11-9(2)15-16(5)10(11)3/h6-7,12,14H,1-5H3. The molecule has 0 aliphatic carbocycles. The number of rotatable bonds is 3. The third-order valence-corrected chi connectivity index (χ3v) is 4.39. The summed E-state index contributed by atoms with van der Waals surface area (Å²) < 4.78 is 1.96. The zero-order chi connectivity index (χ0) is 12.6. The number of aryl methyl sites for hydroxylation is 3. The first kappa shape index (κ1) is 12.3. The Morgan fingerprint density at radius 1 is 1.35 bits per heavy atom. The van der Waals surface area contributed by atoms with Crippen molar-refractivity contribution in [2.45, 2.75) is 26.8 Å². The Kier molecular flexibility index (Phi) is 3.35. The van der Waals surface area contributed by atoms with Crippen LogP contribution in [0.3, 0.4) is 0 Å². The highest BCUT2D eigenvalue weighted by Crippen LogP contribution is 2.32. The van der Waals surface area contributed by atoms with Gasteiger partial charge in [0.1, 0.15) is 0 Å². The Bertz CT molecular complexity index is 525. The molecule has 0 aliphatic rings. The fraction of sp³-hybridized carbons (Fsp3) is 0.462. The lowest BCUT2D eigenvalue weighted by Crippen LogP contribution is -2.18. The minimum atomic E-state index is 0.253. The van der Waals surface area contributed by atoms with Crippen LogP contribution in [0.5, 0.6) is 0 Å². The number of nitrogens with zero attached hydrogens (tertiary/aromatic N) is 2. The van der Waals surface area contributed by atoms with Crippen LogP contribution in [-0.2, 0) is 7.05 Å². The second-order valence-corrected chi connectivity index (χ2v) is 5.35. The van der Waals surface area contributed by atoms with E-state index in [2.05, 4.69) is 42.6 Å². The number of thiophene rings is 1. The van der Waals surface area contributed by atoms with Crippen molar-refractivity contribution < 1.29 is 0 Å². The van der Waals surface area contributed by atoms with E-state index in [-0.39, 0.29) is 6.04 Å². The minimum absolute atomic E-state index is 0.253. The molecule has 1 N–H and O–H groups in total. The molecular formula is C13H19N3S. The molecule has 2 heterocycles. The van der Waals surface area contributed by atoms with Gasteiger partial charge in [-0.25, -0.2) is 0 Å². The highest BCUT2D eigenvalue weighted by atomic mass is 32.1. The molecule has 92 valence electrons. The largest absolute Gasteiger partial charge is 0.309 e. The van der Waals surface area contributed by atoms with Gasteiger partial charge in [-0.2, -0.15) is 5.10 Å². The summed E-state index contributed by atoms with van der Waals surface area (Å²) in [7, 11) is 4.01. The van der Waals surface area contributed by atoms with Gasteiger partial charge in [-0.1, -0.05) is 0 Å². The van der Waals surface area contributed by atoms with Gasteiger partial charge in [-0.05, 0) is 44.8 Å². The van der Waals surface area contributed by atoms with E-state index in [1.807, 2.05) is 18.8 Å². The topological polar surface area (TPSA) is 29.9 Å². The van der Waals surface area contributed by atoms with Crippen LogP contribution in [0.4, 0.5) is 0 Å². The molecule has 1 unspecified atom stereocenters. The molecule has 1 atom stereocenters. The molecule has 0 spiro atoms. The van der Waals surface area contributed by atoms with Crippen LogP contribution < -0.4 is 5.32 Å². The van der Waals surface area contributed by atoms with Crippen molar-refractivity contribution in [1.82, 2.24) is 15.1 Å². The van der Waals surface area contributed by atoms with Crippen molar-refractivity contribution in [3.63, 3.8) is 0 Å². The average molecular weight is 249 g/mol. The van der Waals surface area contributed by atoms with Gasteiger partial charge in [0.25, 0.3) is 0 Å². The van der Waals surface area contributed by atoms with Crippen molar-refractivity contribution in [3.05, 3.63) is 38.8 Å². The molecule has 0 aliphatic heterocycles. The second kappa shape index (κ2) is 4.63. The first-order valence-corrected chi connectivity index (χ1v) is 6.65. The van der Waals surface area contributed by atoms with Crippen LogP contribution in [-0.4, -0.2) is 16.8 Å². The van der Waals surface area contributed by atoms with E-state index >= 15 is 0 Å². The van der Waals surface area contributed by atoms with Crippen LogP contribution >= 0.6 is 11.3 Å². The first-order chi connectivity index (χ1) is 8.06. The number of hydrogen-bond acceptors (Lipinski definition) is 3. The molecule has 0 radical (unpaired) electrons. The van der Waals surface area contributed by atoms with Gasteiger partial charge in [-0.3, -0.25) is 4.68 Å². The van der Waals surface area contributed by atoms with E-state index in [0.717, 1.165) is 5.69 Å². The van der Waals surface area contributed by atoms with Crippen LogP contribution in [0, 0.1) is 20.8 Å². The molecule has 17 heavy (non-hydrogen) atoms. The van der Waals surface area contributed by atoms with E-state index in [1.54, 1.807) is 11.3 Å². The molecule has 0 bridgehead atoms. The summed E-state index contributed by atoms with van der Waals surface area (Å²) in [5.41, 5.74) is 4.99. The summed E-state index contributed by atoms with van der Waals surface area (Å²) >= 11 is 1.80. The van der Waals surface area contributed by atoms with E-state index in [0.29, 0.717) is 0 Å². The lowest BCUT2D eigenvalue weighted by Gasteiger charge is -2.17. The predicted molar refractivity (Wildman–Crippen MR) is 72.6 cm³/mol. The smallest absolute Gasteiger partial charge is 0.0707 e. The van der Waals surface area contributed by atoms with Crippen molar-refractivity contribution >= 4 is 11.3 Å². The summed E-state index contributed by atoms with van der Waals surface area (Å²) in [4.78, 5) is 1.38. The van der Waals surface area contributed by atoms with Gasteiger partial charge in [0, 0.05) is 23.2 Å². The van der Waals surface area contributed by atoms with E-state index in [4.69, 9.17) is 0 Å². The quantitative estimate of drug-likeness (QED) is 0.906. The monoisotopic (exact) mass is 249 g/mol. The molecule has 0 amide bonds. The Morgan fingerprint density at radius 3 is 2.47 bits per heavy atom. The maximum Gasteiger partial charge on any atom is 0.0707 e. The zero-order valence-electron chi connectivity index (χ0n) is 11.0. The van der Waals surface area contributed by atoms with Crippen molar-refractivity contribution in [2.24, 2.45) is 7.05 Å². The fourth-order valence-corrected chi connectivity index (χ4v) is 3.34. The maximum atomic E-state index is 4.50. The maximum absolute atomic E-state index is 4.50. The molecule has 2 aromatic heterocycles. The summed E-state index contributed by atoms with van der Waals surface area (Å²) in [5, 5.41) is 10.1. The Labute approximate surface area is 106 Å². The molecule has 0 saturated heterocycles. The molecule has 4 heteroatoms. The SMILES string of the molecule is CNC(c1sccc1C)c1c(C)nn(C)c1C. The normalized spacial score (nSPS) is 13.0. The molecule has 2 rings (SSSR count). The van der Waals surface area contributed by atoms with E-state index < -0.39 is 0 Å². The zero-order valence-corrected chi connectivity index (χ0v) is 11.9. The number of hydrogen-bond donors (Lipinski definition) is 1. The minimum Gasteiger partial charge on any atom is -0.309 e. The number of aromatic nitrogens is 2. The van der Waals surface area contributed by atoms with Gasteiger partial charge >= 0.3 is 0 Å². The lowest BCUT2D eigenvalue weighted by atomic mass is 10.0. The van der Waals surface area contributed by atoms with Crippen molar-refractivity contribution in [3.8, 4) is 0 Å². The van der Waals surface area contributed by atoms with Crippen LogP contribution in [0.1, 0.15) is 33.4 Å². The molecule has 0 fully saturated rings. The van der Waals surface area contributed by atoms with Gasteiger partial charge in [0.15, 0.2) is 0 Å². The Balaban J connectivity index is 2.53. The Hall–Kier alpha value is -1.13. The van der Waals surface area contributed by atoms with E-state index in [9.17, 15) is 0 Å². The van der Waals surface area contributed by atoms with E-state index in [1.165, 1.54) is 21.7 Å². The van der Waals surface area contributed by atoms with Crippen LogP contribution in [0.15, 0.2) is 11.4 Å². The lowest BCUT2D eigenvalue weighted by molar-refractivity contribution is 0.685. The third kappa shape index (κ3) is 2.03. The third-order valence-electron chi connectivity index (χ3n) is 3.31. The predicted octanol–water partition coefficient (Wildman–Crippen LogP) is 2.72. The average Bonchev–Trinajstić information content (AvgIpc) is 2.79. The van der Waals surface area contributed by atoms with Gasteiger partial charge in [0.2, 0.25) is 0 Å². The second-order valence-electron chi connectivity index (χ2n) is 4.40. The van der Waals surface area contributed by atoms with Gasteiger partial charge in [-0.15, -0.1) is 11.3 Å². The summed E-state index contributed by atoms with van der Waals surface area (Å²) in [6.45, 7) is 6.37. The first-order valence-electron chi connectivity index (χ1n) is 5.77. The summed E-state index contributed by atoms with van der Waals surface area (Å²) in [5.74, 6) is 0. The Morgan fingerprint density at radius 2 is 2.06 bits per heavy atom. The molecule has 2 aromatic rings. The van der Waals surface area contributed by atoms with Crippen molar-refractivity contribution in [1.29, 1.82) is 0 Å². The molecular weight excluding hydrogens is 230 g/mol. The molecule has 0 saturated carbocycles. The fourth-order valence-electron chi connectivity index (χ4n) is 2.29. The highest BCUT2D eigenvalue weighted by Gasteiger charge is 2.22. The summed E-state index contributed by atoms with van der Waals surface area (Å²) in [6, 6.07) is 2.43. The van der Waals surface area contributed by atoms with Crippen LogP contribution in [0.2, 0.25) is 0 Å². The summed E-state index contributed by atoms with van der Waals surface area (Å²) in [6.07, 6.45) is 0. The highest BCUT2D eigenvalue weighted by molar-refractivity contribution is 7.10. The van der Waals surface area contributed by atoms with Gasteiger partial charge < -0.3 is 5.32 Å². The van der Waals surface area contributed by atoms with Crippen molar-refractivity contribution in [2.75, 3.05) is 7.05 Å². The molecule has 3 nitrogen and oxygen atoms in total.